The molecule has 46 valence electrons. The van der Waals surface area contributed by atoms with E-state index in [4.69, 9.17) is 11.5 Å². The molecule has 0 amide bonds. The van der Waals surface area contributed by atoms with Gasteiger partial charge in [0.05, 0.1) is 12.4 Å². The summed E-state index contributed by atoms with van der Waals surface area (Å²) in [6, 6.07) is 0. The minimum Gasteiger partial charge on any atom is -0.505 e. The molecule has 0 unspecified atom stereocenters. The van der Waals surface area contributed by atoms with Crippen LogP contribution in [0.4, 0.5) is 0 Å². The highest BCUT2D eigenvalue weighted by molar-refractivity contribution is 5.09. The van der Waals surface area contributed by atoms with E-state index < -0.39 is 0 Å². The van der Waals surface area contributed by atoms with Crippen molar-refractivity contribution in [3.05, 3.63) is 12.4 Å². The fourth-order valence-electron chi connectivity index (χ4n) is 0.533. The van der Waals surface area contributed by atoms with E-state index in [2.05, 4.69) is 11.0 Å². The van der Waals surface area contributed by atoms with Gasteiger partial charge in [-0.25, -0.2) is 0 Å². The molecular formula is C6H6N2O. The summed E-state index contributed by atoms with van der Waals surface area (Å²) in [4.78, 5) is 0. The summed E-state index contributed by atoms with van der Waals surface area (Å²) in [6.07, 6.45) is 7.79. The summed E-state index contributed by atoms with van der Waals surface area (Å²) in [5.41, 5.74) is 0. The van der Waals surface area contributed by atoms with Gasteiger partial charge in [-0.15, -0.1) is 6.42 Å². The molecular weight excluding hydrogens is 116 g/mol. The third-order valence-corrected chi connectivity index (χ3v) is 0.873. The van der Waals surface area contributed by atoms with Crippen LogP contribution >= 0.6 is 0 Å². The molecule has 0 aliphatic heterocycles. The van der Waals surface area contributed by atoms with E-state index in [9.17, 15) is 0 Å². The van der Waals surface area contributed by atoms with Crippen molar-refractivity contribution in [2.75, 3.05) is 0 Å². The molecule has 0 aliphatic rings. The number of nitrogens with zero attached hydrogens (tertiary/aromatic N) is 2. The minimum atomic E-state index is 0.144. The van der Waals surface area contributed by atoms with Gasteiger partial charge in [-0.3, -0.25) is 4.68 Å². The van der Waals surface area contributed by atoms with Gasteiger partial charge in [0.2, 0.25) is 0 Å². The average molecular weight is 122 g/mol. The molecule has 0 saturated carbocycles. The second-order valence-corrected chi connectivity index (χ2v) is 1.60. The van der Waals surface area contributed by atoms with E-state index in [1.54, 1.807) is 0 Å². The molecule has 1 aromatic heterocycles. The van der Waals surface area contributed by atoms with E-state index in [1.807, 2.05) is 0 Å². The van der Waals surface area contributed by atoms with Gasteiger partial charge < -0.3 is 5.11 Å². The van der Waals surface area contributed by atoms with Crippen LogP contribution in [0.15, 0.2) is 12.4 Å². The largest absolute Gasteiger partial charge is 0.505 e. The Labute approximate surface area is 52.9 Å². The highest BCUT2D eigenvalue weighted by Crippen LogP contribution is 2.02. The standard InChI is InChI=1S/C6H6N2O/c1-2-3-8-5-6(9)4-7-8/h1,4-5,9H,3H2. The number of hydrogen-bond acceptors (Lipinski definition) is 2. The zero-order chi connectivity index (χ0) is 6.69. The van der Waals surface area contributed by atoms with Gasteiger partial charge in [-0.05, 0) is 0 Å². The molecule has 0 bridgehead atoms. The summed E-state index contributed by atoms with van der Waals surface area (Å²) in [5.74, 6) is 2.53. The van der Waals surface area contributed by atoms with Gasteiger partial charge >= 0.3 is 0 Å². The second-order valence-electron chi connectivity index (χ2n) is 1.60. The van der Waals surface area contributed by atoms with Crippen LogP contribution in [0.2, 0.25) is 0 Å². The monoisotopic (exact) mass is 122 g/mol. The average Bonchev–Trinajstić information content (AvgIpc) is 2.17. The summed E-state index contributed by atoms with van der Waals surface area (Å²) in [7, 11) is 0. The smallest absolute Gasteiger partial charge is 0.153 e. The molecule has 0 fully saturated rings. The van der Waals surface area contributed by atoms with Crippen LogP contribution in [-0.4, -0.2) is 14.9 Å². The Morgan fingerprint density at radius 1 is 1.89 bits per heavy atom. The third kappa shape index (κ3) is 1.23. The van der Waals surface area contributed by atoms with Crippen LogP contribution in [0.25, 0.3) is 0 Å². The summed E-state index contributed by atoms with van der Waals surface area (Å²) in [5, 5.41) is 12.5. The maximum absolute atomic E-state index is 8.73. The van der Waals surface area contributed by atoms with E-state index >= 15 is 0 Å². The van der Waals surface area contributed by atoms with Crippen LogP contribution in [0.1, 0.15) is 0 Å². The van der Waals surface area contributed by atoms with Crippen molar-refractivity contribution in [2.24, 2.45) is 0 Å². The Bertz CT molecular complexity index is 233. The van der Waals surface area contributed by atoms with Gasteiger partial charge in [0.15, 0.2) is 5.75 Å². The number of rotatable bonds is 1. The molecule has 0 radical (unpaired) electrons. The molecule has 1 rings (SSSR count). The second kappa shape index (κ2) is 2.23. The first-order valence-corrected chi connectivity index (χ1v) is 2.48. The SMILES string of the molecule is C#CCn1cc(O)cn1. The Hall–Kier alpha value is -1.43. The van der Waals surface area contributed by atoms with Crippen LogP contribution in [-0.2, 0) is 6.54 Å². The lowest BCUT2D eigenvalue weighted by molar-refractivity contribution is 0.474. The fourth-order valence-corrected chi connectivity index (χ4v) is 0.533. The highest BCUT2D eigenvalue weighted by Gasteiger charge is 1.90. The number of aromatic nitrogens is 2. The minimum absolute atomic E-state index is 0.144. The van der Waals surface area contributed by atoms with Crippen molar-refractivity contribution < 1.29 is 5.11 Å². The van der Waals surface area contributed by atoms with E-state index in [0.29, 0.717) is 6.54 Å². The van der Waals surface area contributed by atoms with Crippen LogP contribution < -0.4 is 0 Å². The van der Waals surface area contributed by atoms with Crippen molar-refractivity contribution in [1.29, 1.82) is 0 Å². The van der Waals surface area contributed by atoms with E-state index in [1.165, 1.54) is 17.1 Å². The number of hydrogen-bond donors (Lipinski definition) is 1. The van der Waals surface area contributed by atoms with Crippen LogP contribution in [0.3, 0.4) is 0 Å². The quantitative estimate of drug-likeness (QED) is 0.541. The Morgan fingerprint density at radius 3 is 3.11 bits per heavy atom. The molecule has 0 spiro atoms. The molecule has 3 heteroatoms. The van der Waals surface area contributed by atoms with Crippen LogP contribution in [0.5, 0.6) is 5.75 Å². The molecule has 3 nitrogen and oxygen atoms in total. The van der Waals surface area contributed by atoms with Gasteiger partial charge in [0.25, 0.3) is 0 Å². The zero-order valence-corrected chi connectivity index (χ0v) is 4.78. The normalized spacial score (nSPS) is 8.78. The lowest BCUT2D eigenvalue weighted by Gasteiger charge is -1.87. The molecule has 0 aliphatic carbocycles. The van der Waals surface area contributed by atoms with Gasteiger partial charge in [0.1, 0.15) is 6.54 Å². The predicted molar refractivity (Wildman–Crippen MR) is 32.7 cm³/mol. The van der Waals surface area contributed by atoms with Crippen molar-refractivity contribution in [3.8, 4) is 18.1 Å². The first-order valence-electron chi connectivity index (χ1n) is 2.48. The van der Waals surface area contributed by atoms with Crippen molar-refractivity contribution in [2.45, 2.75) is 6.54 Å². The molecule has 0 atom stereocenters. The van der Waals surface area contributed by atoms with Crippen molar-refractivity contribution >= 4 is 0 Å². The summed E-state index contributed by atoms with van der Waals surface area (Å²) < 4.78 is 1.48. The van der Waals surface area contributed by atoms with Gasteiger partial charge in [-0.1, -0.05) is 5.92 Å². The Kier molecular flexibility index (Phi) is 1.41. The molecule has 1 N–H and O–H groups in total. The van der Waals surface area contributed by atoms with Crippen molar-refractivity contribution in [3.63, 3.8) is 0 Å². The van der Waals surface area contributed by atoms with Gasteiger partial charge in [0, 0.05) is 0 Å². The maximum Gasteiger partial charge on any atom is 0.153 e. The Morgan fingerprint density at radius 2 is 2.67 bits per heavy atom. The zero-order valence-electron chi connectivity index (χ0n) is 4.78. The number of terminal acetylenes is 1. The molecule has 1 heterocycles. The van der Waals surface area contributed by atoms with Crippen LogP contribution in [0, 0.1) is 12.3 Å². The topological polar surface area (TPSA) is 38.0 Å². The van der Waals surface area contributed by atoms with E-state index in [0.717, 1.165) is 0 Å². The summed E-state index contributed by atoms with van der Waals surface area (Å²) >= 11 is 0. The third-order valence-electron chi connectivity index (χ3n) is 0.873. The van der Waals surface area contributed by atoms with Crippen molar-refractivity contribution in [1.82, 2.24) is 9.78 Å². The highest BCUT2D eigenvalue weighted by atomic mass is 16.3. The molecule has 0 saturated heterocycles. The van der Waals surface area contributed by atoms with Gasteiger partial charge in [-0.2, -0.15) is 5.10 Å². The number of aromatic hydroxyl groups is 1. The maximum atomic E-state index is 8.73. The van der Waals surface area contributed by atoms with E-state index in [-0.39, 0.29) is 5.75 Å². The molecule has 1 aromatic rings. The predicted octanol–water partition coefficient (Wildman–Crippen LogP) is 0.222. The first-order chi connectivity index (χ1) is 4.33. The molecule has 9 heavy (non-hydrogen) atoms. The fraction of sp³-hybridized carbons (Fsp3) is 0.167. The lowest BCUT2D eigenvalue weighted by Crippen LogP contribution is -1.93. The first kappa shape index (κ1) is 5.70. The lowest BCUT2D eigenvalue weighted by atomic mass is 10.6. The Balaban J connectivity index is 2.76. The molecule has 0 aromatic carbocycles. The summed E-state index contributed by atoms with van der Waals surface area (Å²) in [6.45, 7) is 0.403.